The molecule has 0 aliphatic rings. The van der Waals surface area contributed by atoms with Crippen molar-refractivity contribution in [3.8, 4) is 0 Å². The third-order valence-corrected chi connectivity index (χ3v) is 2.31. The molecule has 0 saturated carbocycles. The van der Waals surface area contributed by atoms with Crippen LogP contribution in [0.1, 0.15) is 23.7 Å². The number of nitrogens with two attached hydrogens (primary N) is 2. The maximum absolute atomic E-state index is 10.6. The molecule has 0 aromatic carbocycles. The topological polar surface area (TPSA) is 143 Å². The second-order valence-corrected chi connectivity index (χ2v) is 3.65. The van der Waals surface area contributed by atoms with Crippen molar-refractivity contribution in [2.45, 2.75) is 25.2 Å². The van der Waals surface area contributed by atoms with E-state index in [2.05, 4.69) is 4.98 Å². The highest BCUT2D eigenvalue weighted by molar-refractivity contribution is 5.74. The molecule has 0 fully saturated rings. The highest BCUT2D eigenvalue weighted by Gasteiger charge is 2.21. The van der Waals surface area contributed by atoms with Crippen LogP contribution in [0.5, 0.6) is 0 Å². The predicted molar refractivity (Wildman–Crippen MR) is 59.4 cm³/mol. The Labute approximate surface area is 97.7 Å². The fraction of sp³-hybridized carbons (Fsp3) is 0.400. The highest BCUT2D eigenvalue weighted by Crippen LogP contribution is 2.21. The van der Waals surface area contributed by atoms with Crippen LogP contribution in [0.4, 0.5) is 5.82 Å². The normalized spacial score (nSPS) is 14.3. The quantitative estimate of drug-likeness (QED) is 0.421. The summed E-state index contributed by atoms with van der Waals surface area (Å²) in [6.07, 6.45) is -1.71. The number of primary amides is 1. The van der Waals surface area contributed by atoms with Crippen molar-refractivity contribution in [3.05, 3.63) is 23.4 Å². The Morgan fingerprint density at radius 2 is 2.12 bits per heavy atom. The van der Waals surface area contributed by atoms with Gasteiger partial charge in [0.05, 0.1) is 19.1 Å². The third kappa shape index (κ3) is 3.38. The molecule has 1 heterocycles. The monoisotopic (exact) mass is 241 g/mol. The molecule has 17 heavy (non-hydrogen) atoms. The highest BCUT2D eigenvalue weighted by atomic mass is 16.3. The standard InChI is InChI=1S/C10H15N3O4/c11-8(16)2-7(15)9(17)5-1-6(4-14)10(12)13-3-5/h1,3,7,9,14-15,17H,2,4H2,(H2,11,16)(H2,12,13). The van der Waals surface area contributed by atoms with Gasteiger partial charge in [0.2, 0.25) is 5.91 Å². The molecule has 0 aliphatic heterocycles. The zero-order chi connectivity index (χ0) is 13.0. The number of carbonyl (C=O) groups excluding carboxylic acids is 1. The largest absolute Gasteiger partial charge is 0.392 e. The molecule has 2 unspecified atom stereocenters. The molecule has 0 spiro atoms. The molecule has 1 rings (SSSR count). The van der Waals surface area contributed by atoms with Gasteiger partial charge in [0.25, 0.3) is 0 Å². The van der Waals surface area contributed by atoms with Crippen molar-refractivity contribution < 1.29 is 20.1 Å². The lowest BCUT2D eigenvalue weighted by Crippen LogP contribution is -2.25. The summed E-state index contributed by atoms with van der Waals surface area (Å²) in [5.74, 6) is -0.574. The van der Waals surface area contributed by atoms with Crippen LogP contribution in [-0.2, 0) is 11.4 Å². The number of pyridine rings is 1. The summed E-state index contributed by atoms with van der Waals surface area (Å²) in [6.45, 7) is -0.328. The molecular weight excluding hydrogens is 226 g/mol. The number of nitrogens with zero attached hydrogens (tertiary/aromatic N) is 1. The Balaban J connectivity index is 2.88. The van der Waals surface area contributed by atoms with Gasteiger partial charge in [0.15, 0.2) is 0 Å². The summed E-state index contributed by atoms with van der Waals surface area (Å²) in [5.41, 5.74) is 11.0. The summed E-state index contributed by atoms with van der Waals surface area (Å²) in [6, 6.07) is 1.41. The summed E-state index contributed by atoms with van der Waals surface area (Å²) in [7, 11) is 0. The van der Waals surface area contributed by atoms with Crippen molar-refractivity contribution in [2.24, 2.45) is 5.73 Å². The van der Waals surface area contributed by atoms with Gasteiger partial charge in [-0.15, -0.1) is 0 Å². The van der Waals surface area contributed by atoms with Crippen LogP contribution in [0.2, 0.25) is 0 Å². The molecular formula is C10H15N3O4. The summed E-state index contributed by atoms with van der Waals surface area (Å²) < 4.78 is 0. The van der Waals surface area contributed by atoms with Crippen LogP contribution < -0.4 is 11.5 Å². The van der Waals surface area contributed by atoms with E-state index >= 15 is 0 Å². The van der Waals surface area contributed by atoms with Crippen molar-refractivity contribution in [3.63, 3.8) is 0 Å². The molecule has 0 aliphatic carbocycles. The van der Waals surface area contributed by atoms with E-state index in [0.29, 0.717) is 5.56 Å². The zero-order valence-corrected chi connectivity index (χ0v) is 9.08. The Kier molecular flexibility index (Phi) is 4.38. The number of carbonyl (C=O) groups is 1. The molecule has 7 nitrogen and oxygen atoms in total. The van der Waals surface area contributed by atoms with Crippen molar-refractivity contribution >= 4 is 11.7 Å². The van der Waals surface area contributed by atoms with E-state index in [-0.39, 0.29) is 24.4 Å². The van der Waals surface area contributed by atoms with Gasteiger partial charge in [-0.05, 0) is 6.07 Å². The fourth-order valence-electron chi connectivity index (χ4n) is 1.37. The van der Waals surface area contributed by atoms with Gasteiger partial charge in [0, 0.05) is 17.3 Å². The zero-order valence-electron chi connectivity index (χ0n) is 9.08. The average molecular weight is 241 g/mol. The van der Waals surface area contributed by atoms with Crippen LogP contribution >= 0.6 is 0 Å². The summed E-state index contributed by atoms with van der Waals surface area (Å²) >= 11 is 0. The molecule has 94 valence electrons. The molecule has 0 saturated heterocycles. The van der Waals surface area contributed by atoms with E-state index in [4.69, 9.17) is 16.6 Å². The Morgan fingerprint density at radius 1 is 1.47 bits per heavy atom. The second kappa shape index (κ2) is 5.58. The third-order valence-electron chi connectivity index (χ3n) is 2.31. The minimum Gasteiger partial charge on any atom is -0.392 e. The van der Waals surface area contributed by atoms with E-state index in [1.807, 2.05) is 0 Å². The molecule has 0 bridgehead atoms. The summed E-state index contributed by atoms with van der Waals surface area (Å²) in [5, 5.41) is 28.2. The second-order valence-electron chi connectivity index (χ2n) is 3.65. The van der Waals surface area contributed by atoms with Crippen LogP contribution in [0.25, 0.3) is 0 Å². The first kappa shape index (κ1) is 13.4. The van der Waals surface area contributed by atoms with Gasteiger partial charge in [-0.1, -0.05) is 0 Å². The van der Waals surface area contributed by atoms with Crippen LogP contribution in [-0.4, -0.2) is 32.3 Å². The van der Waals surface area contributed by atoms with Crippen molar-refractivity contribution in [1.82, 2.24) is 4.98 Å². The Bertz CT molecular complexity index is 411. The predicted octanol–water partition coefficient (Wildman–Crippen LogP) is -1.57. The lowest BCUT2D eigenvalue weighted by Gasteiger charge is -2.17. The number of nitrogen functional groups attached to an aromatic ring is 1. The molecule has 1 aromatic heterocycles. The number of aromatic nitrogens is 1. The first-order valence-corrected chi connectivity index (χ1v) is 4.95. The van der Waals surface area contributed by atoms with Gasteiger partial charge in [-0.2, -0.15) is 0 Å². The molecule has 1 aromatic rings. The number of amides is 1. The van der Waals surface area contributed by atoms with Crippen LogP contribution in [0.3, 0.4) is 0 Å². The minimum absolute atomic E-state index is 0.146. The maximum Gasteiger partial charge on any atom is 0.220 e. The lowest BCUT2D eigenvalue weighted by atomic mass is 10.0. The SMILES string of the molecule is NC(=O)CC(O)C(O)c1cnc(N)c(CO)c1. The smallest absolute Gasteiger partial charge is 0.220 e. The van der Waals surface area contributed by atoms with Gasteiger partial charge >= 0.3 is 0 Å². The Hall–Kier alpha value is -1.70. The van der Waals surface area contributed by atoms with E-state index < -0.39 is 18.1 Å². The molecule has 7 heteroatoms. The number of rotatable bonds is 5. The van der Waals surface area contributed by atoms with Gasteiger partial charge in [0.1, 0.15) is 11.9 Å². The Morgan fingerprint density at radius 3 is 2.65 bits per heavy atom. The van der Waals surface area contributed by atoms with Crippen molar-refractivity contribution in [1.29, 1.82) is 0 Å². The number of anilines is 1. The van der Waals surface area contributed by atoms with E-state index in [1.165, 1.54) is 12.3 Å². The lowest BCUT2D eigenvalue weighted by molar-refractivity contribution is -0.121. The van der Waals surface area contributed by atoms with E-state index in [1.54, 1.807) is 0 Å². The van der Waals surface area contributed by atoms with Crippen molar-refractivity contribution in [2.75, 3.05) is 5.73 Å². The van der Waals surface area contributed by atoms with E-state index in [0.717, 1.165) is 0 Å². The van der Waals surface area contributed by atoms with Crippen LogP contribution in [0.15, 0.2) is 12.3 Å². The maximum atomic E-state index is 10.6. The van der Waals surface area contributed by atoms with Gasteiger partial charge in [-0.25, -0.2) is 4.98 Å². The number of hydrogen-bond donors (Lipinski definition) is 5. The van der Waals surface area contributed by atoms with E-state index in [9.17, 15) is 15.0 Å². The molecule has 7 N–H and O–H groups in total. The fourth-order valence-corrected chi connectivity index (χ4v) is 1.37. The number of hydrogen-bond acceptors (Lipinski definition) is 6. The van der Waals surface area contributed by atoms with Gasteiger partial charge < -0.3 is 26.8 Å². The minimum atomic E-state index is -1.32. The molecule has 0 radical (unpaired) electrons. The number of aliphatic hydroxyl groups is 3. The molecule has 2 atom stereocenters. The number of aliphatic hydroxyl groups excluding tert-OH is 3. The molecule has 1 amide bonds. The van der Waals surface area contributed by atoms with Gasteiger partial charge in [-0.3, -0.25) is 4.79 Å². The first-order chi connectivity index (χ1) is 7.95. The first-order valence-electron chi connectivity index (χ1n) is 4.95. The summed E-state index contributed by atoms with van der Waals surface area (Å²) in [4.78, 5) is 14.4. The average Bonchev–Trinajstić information content (AvgIpc) is 2.27. The van der Waals surface area contributed by atoms with Crippen LogP contribution in [0, 0.1) is 0 Å².